The van der Waals surface area contributed by atoms with Crippen molar-refractivity contribution in [3.05, 3.63) is 64.0 Å². The van der Waals surface area contributed by atoms with Crippen molar-refractivity contribution in [3.63, 3.8) is 0 Å². The van der Waals surface area contributed by atoms with Crippen molar-refractivity contribution in [2.45, 2.75) is 6.92 Å². The summed E-state index contributed by atoms with van der Waals surface area (Å²) in [6.07, 6.45) is 1.58. The van der Waals surface area contributed by atoms with Crippen LogP contribution in [-0.2, 0) is 7.05 Å². The van der Waals surface area contributed by atoms with Crippen molar-refractivity contribution in [2.24, 2.45) is 7.05 Å². The molecule has 8 heteroatoms. The molecule has 0 amide bonds. The summed E-state index contributed by atoms with van der Waals surface area (Å²) in [6, 6.07) is 6.77. The van der Waals surface area contributed by atoms with Gasteiger partial charge in [-0.3, -0.25) is 9.25 Å². The lowest BCUT2D eigenvalue weighted by Gasteiger charge is -2.12. The summed E-state index contributed by atoms with van der Waals surface area (Å²) < 4.78 is 30.5. The summed E-state index contributed by atoms with van der Waals surface area (Å²) in [5.74, 6) is -0.240. The number of rotatable bonds is 2. The van der Waals surface area contributed by atoms with Crippen molar-refractivity contribution < 1.29 is 8.78 Å². The van der Waals surface area contributed by atoms with E-state index in [2.05, 4.69) is 10.1 Å². The van der Waals surface area contributed by atoms with Gasteiger partial charge in [0.05, 0.1) is 32.3 Å². The third kappa shape index (κ3) is 2.57. The van der Waals surface area contributed by atoms with Gasteiger partial charge in [-0.05, 0) is 31.2 Å². The number of nitrogens with zero attached hydrogens (tertiary/aromatic N) is 4. The van der Waals surface area contributed by atoms with E-state index in [1.807, 2.05) is 6.92 Å². The molecule has 4 aromatic rings. The summed E-state index contributed by atoms with van der Waals surface area (Å²) in [4.78, 5) is 4.26. The maximum Gasteiger partial charge on any atom is 0.144 e. The minimum atomic E-state index is -0.518. The van der Waals surface area contributed by atoms with Gasteiger partial charge in [-0.1, -0.05) is 23.2 Å². The molecule has 0 fully saturated rings. The highest BCUT2D eigenvalue weighted by Crippen LogP contribution is 2.40. The molecule has 0 N–H and O–H groups in total. The average Bonchev–Trinajstić information content (AvgIpc) is 3.07. The topological polar surface area (TPSA) is 35.6 Å². The predicted octanol–water partition coefficient (Wildman–Crippen LogP) is 5.32. The zero-order chi connectivity index (χ0) is 18.6. The first-order valence-electron chi connectivity index (χ1n) is 7.68. The molecule has 2 heterocycles. The molecule has 2 aromatic heterocycles. The van der Waals surface area contributed by atoms with Crippen LogP contribution in [0.15, 0.2) is 36.7 Å². The van der Waals surface area contributed by atoms with E-state index in [4.69, 9.17) is 23.2 Å². The van der Waals surface area contributed by atoms with Gasteiger partial charge in [0.25, 0.3) is 0 Å². The van der Waals surface area contributed by atoms with Gasteiger partial charge in [0.2, 0.25) is 0 Å². The van der Waals surface area contributed by atoms with E-state index in [1.165, 1.54) is 24.3 Å². The van der Waals surface area contributed by atoms with Crippen LogP contribution >= 0.6 is 23.2 Å². The number of halogens is 4. The van der Waals surface area contributed by atoms with E-state index in [0.29, 0.717) is 33.7 Å². The van der Waals surface area contributed by atoms with Crippen LogP contribution in [0, 0.1) is 18.6 Å². The van der Waals surface area contributed by atoms with Crippen molar-refractivity contribution in [2.75, 3.05) is 0 Å². The summed E-state index contributed by atoms with van der Waals surface area (Å²) in [5.41, 5.74) is 3.02. The van der Waals surface area contributed by atoms with Gasteiger partial charge in [0.15, 0.2) is 0 Å². The lowest BCUT2D eigenvalue weighted by molar-refractivity contribution is 0.628. The Morgan fingerprint density at radius 2 is 1.65 bits per heavy atom. The van der Waals surface area contributed by atoms with Gasteiger partial charge in [-0.15, -0.1) is 0 Å². The maximum atomic E-state index is 13.6. The van der Waals surface area contributed by atoms with E-state index in [-0.39, 0.29) is 15.9 Å². The molecule has 4 nitrogen and oxygen atoms in total. The Morgan fingerprint density at radius 1 is 0.962 bits per heavy atom. The minimum Gasteiger partial charge on any atom is -0.283 e. The minimum absolute atomic E-state index is 0.183. The highest BCUT2D eigenvalue weighted by atomic mass is 35.5. The first-order valence-corrected chi connectivity index (χ1v) is 8.44. The molecule has 0 spiro atoms. The molecule has 0 aliphatic heterocycles. The van der Waals surface area contributed by atoms with Crippen LogP contribution in [0.1, 0.15) is 5.69 Å². The largest absolute Gasteiger partial charge is 0.283 e. The molecular formula is C18H12Cl2F2N4. The summed E-state index contributed by atoms with van der Waals surface area (Å²) in [6.45, 7) is 1.81. The van der Waals surface area contributed by atoms with Gasteiger partial charge >= 0.3 is 0 Å². The van der Waals surface area contributed by atoms with E-state index in [1.54, 1.807) is 28.7 Å². The lowest BCUT2D eigenvalue weighted by atomic mass is 10.1. The molecule has 0 saturated heterocycles. The second kappa shape index (κ2) is 6.07. The van der Waals surface area contributed by atoms with Crippen molar-refractivity contribution in [1.29, 1.82) is 0 Å². The molecule has 26 heavy (non-hydrogen) atoms. The van der Waals surface area contributed by atoms with Gasteiger partial charge in [-0.25, -0.2) is 13.8 Å². The molecule has 2 aromatic carbocycles. The Kier molecular flexibility index (Phi) is 3.97. The van der Waals surface area contributed by atoms with Crippen LogP contribution < -0.4 is 0 Å². The van der Waals surface area contributed by atoms with Crippen LogP contribution in [0.4, 0.5) is 8.78 Å². The quantitative estimate of drug-likeness (QED) is 0.462. The second-order valence-corrected chi connectivity index (χ2v) is 6.71. The van der Waals surface area contributed by atoms with Crippen molar-refractivity contribution in [1.82, 2.24) is 19.3 Å². The summed E-state index contributed by atoms with van der Waals surface area (Å²) in [7, 11) is 1.77. The zero-order valence-corrected chi connectivity index (χ0v) is 15.3. The lowest BCUT2D eigenvalue weighted by Crippen LogP contribution is -2.03. The highest BCUT2D eigenvalue weighted by molar-refractivity contribution is 6.39. The first-order chi connectivity index (χ1) is 12.4. The molecule has 0 aliphatic rings. The number of imidazole rings is 1. The van der Waals surface area contributed by atoms with Gasteiger partial charge in [0.1, 0.15) is 23.8 Å². The zero-order valence-electron chi connectivity index (χ0n) is 13.8. The molecule has 0 aliphatic carbocycles. The molecule has 0 unspecified atom stereocenters. The SMILES string of the molecule is Cc1nn(C)c(-n2cnc3cc(F)ccc32)c1-c1c(Cl)cc(F)cc1Cl. The maximum absolute atomic E-state index is 13.6. The predicted molar refractivity (Wildman–Crippen MR) is 97.9 cm³/mol. The van der Waals surface area contributed by atoms with Crippen LogP contribution in [0.5, 0.6) is 0 Å². The molecule has 132 valence electrons. The average molecular weight is 393 g/mol. The Balaban J connectivity index is 2.06. The summed E-state index contributed by atoms with van der Waals surface area (Å²) >= 11 is 12.6. The van der Waals surface area contributed by atoms with Gasteiger partial charge < -0.3 is 0 Å². The highest BCUT2D eigenvalue weighted by Gasteiger charge is 2.23. The monoisotopic (exact) mass is 392 g/mol. The Morgan fingerprint density at radius 3 is 2.35 bits per heavy atom. The van der Waals surface area contributed by atoms with Crippen LogP contribution in [0.25, 0.3) is 28.0 Å². The third-order valence-electron chi connectivity index (χ3n) is 4.19. The van der Waals surface area contributed by atoms with Crippen LogP contribution in [0.2, 0.25) is 10.0 Å². The van der Waals surface area contributed by atoms with Crippen LogP contribution in [-0.4, -0.2) is 19.3 Å². The van der Waals surface area contributed by atoms with Crippen molar-refractivity contribution in [3.8, 4) is 16.9 Å². The van der Waals surface area contributed by atoms with E-state index < -0.39 is 5.82 Å². The fourth-order valence-corrected chi connectivity index (χ4v) is 3.80. The Hall–Kier alpha value is -2.44. The molecule has 4 rings (SSSR count). The molecule has 0 saturated carbocycles. The number of aryl methyl sites for hydroxylation is 2. The normalized spacial score (nSPS) is 11.5. The third-order valence-corrected chi connectivity index (χ3v) is 4.78. The smallest absolute Gasteiger partial charge is 0.144 e. The van der Waals surface area contributed by atoms with E-state index >= 15 is 0 Å². The van der Waals surface area contributed by atoms with Gasteiger partial charge in [-0.2, -0.15) is 5.10 Å². The first kappa shape index (κ1) is 17.0. The number of fused-ring (bicyclic) bond motifs is 1. The fraction of sp³-hybridized carbons (Fsp3) is 0.111. The second-order valence-electron chi connectivity index (χ2n) is 5.90. The molecule has 0 atom stereocenters. The van der Waals surface area contributed by atoms with E-state index in [9.17, 15) is 8.78 Å². The summed E-state index contributed by atoms with van der Waals surface area (Å²) in [5, 5.41) is 4.82. The molecule has 0 radical (unpaired) electrons. The number of benzene rings is 2. The van der Waals surface area contributed by atoms with Crippen LogP contribution in [0.3, 0.4) is 0 Å². The number of hydrogen-bond donors (Lipinski definition) is 0. The Bertz CT molecular complexity index is 1140. The Labute approximate surface area is 157 Å². The number of hydrogen-bond acceptors (Lipinski definition) is 2. The fourth-order valence-electron chi connectivity index (χ4n) is 3.15. The number of aromatic nitrogens is 4. The van der Waals surface area contributed by atoms with Gasteiger partial charge in [0, 0.05) is 18.7 Å². The molecular weight excluding hydrogens is 381 g/mol. The van der Waals surface area contributed by atoms with Crippen molar-refractivity contribution >= 4 is 34.2 Å². The molecule has 0 bridgehead atoms. The van der Waals surface area contributed by atoms with E-state index in [0.717, 1.165) is 0 Å². The standard InChI is InChI=1S/C18H12Cl2F2N4/c1-9-16(17-12(19)5-11(22)6-13(17)20)18(25(2)24-9)26-8-23-14-7-10(21)3-4-15(14)26/h3-8H,1-2H3.